The summed E-state index contributed by atoms with van der Waals surface area (Å²) in [5, 5.41) is 0. The highest BCUT2D eigenvalue weighted by molar-refractivity contribution is 5.56. The number of benzene rings is 1. The third-order valence-electron chi connectivity index (χ3n) is 3.19. The first kappa shape index (κ1) is 14.2. The summed E-state index contributed by atoms with van der Waals surface area (Å²) >= 11 is 0. The van der Waals surface area contributed by atoms with Crippen LogP contribution in [-0.4, -0.2) is 17.0 Å². The van der Waals surface area contributed by atoms with E-state index in [1.165, 1.54) is 12.1 Å². The van der Waals surface area contributed by atoms with E-state index in [0.717, 1.165) is 23.4 Å². The molecule has 5 heteroatoms. The Labute approximate surface area is 118 Å². The van der Waals surface area contributed by atoms with Gasteiger partial charge in [0, 0.05) is 25.6 Å². The van der Waals surface area contributed by atoms with Crippen molar-refractivity contribution >= 4 is 11.6 Å². The summed E-state index contributed by atoms with van der Waals surface area (Å²) in [4.78, 5) is 10.7. The molecule has 0 unspecified atom stereocenters. The Kier molecular flexibility index (Phi) is 4.17. The minimum absolute atomic E-state index is 0.232. The van der Waals surface area contributed by atoms with E-state index in [4.69, 9.17) is 5.73 Å². The first-order chi connectivity index (χ1) is 9.51. The Morgan fingerprint density at radius 1 is 1.30 bits per heavy atom. The predicted molar refractivity (Wildman–Crippen MR) is 79.1 cm³/mol. The van der Waals surface area contributed by atoms with Crippen molar-refractivity contribution < 1.29 is 4.39 Å². The maximum atomic E-state index is 13.2. The second-order valence-corrected chi connectivity index (χ2v) is 4.81. The van der Waals surface area contributed by atoms with Crippen molar-refractivity contribution in [3.05, 3.63) is 47.0 Å². The van der Waals surface area contributed by atoms with Gasteiger partial charge >= 0.3 is 0 Å². The Balaban J connectivity index is 2.29. The summed E-state index contributed by atoms with van der Waals surface area (Å²) < 4.78 is 13.2. The molecular formula is C15H19FN4. The zero-order valence-electron chi connectivity index (χ0n) is 12.0. The van der Waals surface area contributed by atoms with Gasteiger partial charge in [-0.1, -0.05) is 19.1 Å². The average Bonchev–Trinajstić information content (AvgIpc) is 2.41. The molecule has 0 radical (unpaired) electrons. The zero-order chi connectivity index (χ0) is 14.7. The molecule has 2 aromatic rings. The van der Waals surface area contributed by atoms with Crippen molar-refractivity contribution in [2.45, 2.75) is 26.8 Å². The number of hydrogen-bond acceptors (Lipinski definition) is 4. The van der Waals surface area contributed by atoms with Crippen LogP contribution in [0.1, 0.15) is 23.9 Å². The van der Waals surface area contributed by atoms with Crippen LogP contribution in [0.15, 0.2) is 24.3 Å². The molecule has 20 heavy (non-hydrogen) atoms. The van der Waals surface area contributed by atoms with Crippen LogP contribution in [0.2, 0.25) is 0 Å². The quantitative estimate of drug-likeness (QED) is 0.931. The monoisotopic (exact) mass is 274 g/mol. The van der Waals surface area contributed by atoms with Crippen LogP contribution in [-0.2, 0) is 13.0 Å². The maximum Gasteiger partial charge on any atom is 0.137 e. The number of nitrogens with two attached hydrogens (primary N) is 1. The highest BCUT2D eigenvalue weighted by Crippen LogP contribution is 2.22. The van der Waals surface area contributed by atoms with E-state index in [-0.39, 0.29) is 5.82 Å². The fourth-order valence-corrected chi connectivity index (χ4v) is 2.08. The minimum Gasteiger partial charge on any atom is -0.383 e. The van der Waals surface area contributed by atoms with Gasteiger partial charge in [0.1, 0.15) is 23.3 Å². The Morgan fingerprint density at radius 3 is 2.70 bits per heavy atom. The van der Waals surface area contributed by atoms with Crippen molar-refractivity contribution in [1.29, 1.82) is 0 Å². The van der Waals surface area contributed by atoms with Crippen LogP contribution >= 0.6 is 0 Å². The van der Waals surface area contributed by atoms with Crippen molar-refractivity contribution in [3.8, 4) is 0 Å². The van der Waals surface area contributed by atoms with E-state index in [0.29, 0.717) is 18.2 Å². The topological polar surface area (TPSA) is 55.0 Å². The molecule has 1 aromatic heterocycles. The van der Waals surface area contributed by atoms with E-state index in [9.17, 15) is 4.39 Å². The molecule has 4 nitrogen and oxygen atoms in total. The molecule has 0 spiro atoms. The molecule has 1 heterocycles. The van der Waals surface area contributed by atoms with E-state index in [1.807, 2.05) is 31.9 Å². The predicted octanol–water partition coefficient (Wildman–Crippen LogP) is 2.71. The van der Waals surface area contributed by atoms with Crippen LogP contribution < -0.4 is 10.6 Å². The lowest BCUT2D eigenvalue weighted by atomic mass is 10.2. The molecule has 0 fully saturated rings. The molecule has 0 saturated heterocycles. The normalized spacial score (nSPS) is 10.6. The first-order valence-corrected chi connectivity index (χ1v) is 6.59. The molecule has 0 atom stereocenters. The zero-order valence-corrected chi connectivity index (χ0v) is 12.0. The lowest BCUT2D eigenvalue weighted by molar-refractivity contribution is 0.625. The molecule has 0 saturated carbocycles. The Morgan fingerprint density at radius 2 is 2.05 bits per heavy atom. The van der Waals surface area contributed by atoms with Gasteiger partial charge in [-0.25, -0.2) is 14.4 Å². The van der Waals surface area contributed by atoms with Crippen molar-refractivity contribution in [3.63, 3.8) is 0 Å². The number of hydrogen-bond donors (Lipinski definition) is 1. The van der Waals surface area contributed by atoms with E-state index >= 15 is 0 Å². The van der Waals surface area contributed by atoms with E-state index in [2.05, 4.69) is 9.97 Å². The summed E-state index contributed by atoms with van der Waals surface area (Å²) in [7, 11) is 1.92. The number of nitrogens with zero attached hydrogens (tertiary/aromatic N) is 3. The second-order valence-electron chi connectivity index (χ2n) is 4.81. The van der Waals surface area contributed by atoms with Gasteiger partial charge in [0.05, 0.1) is 0 Å². The molecule has 0 aliphatic carbocycles. The molecule has 106 valence electrons. The molecule has 2 N–H and O–H groups in total. The van der Waals surface area contributed by atoms with Gasteiger partial charge in [-0.15, -0.1) is 0 Å². The number of anilines is 2. The van der Waals surface area contributed by atoms with Crippen LogP contribution in [0.3, 0.4) is 0 Å². The van der Waals surface area contributed by atoms with Crippen LogP contribution in [0, 0.1) is 12.7 Å². The number of halogens is 1. The number of nitrogen functional groups attached to an aromatic ring is 1. The first-order valence-electron chi connectivity index (χ1n) is 6.59. The minimum atomic E-state index is -0.232. The third-order valence-corrected chi connectivity index (χ3v) is 3.19. The summed E-state index contributed by atoms with van der Waals surface area (Å²) in [5.74, 6) is 1.77. The summed E-state index contributed by atoms with van der Waals surface area (Å²) in [6.45, 7) is 4.45. The molecular weight excluding hydrogens is 255 g/mol. The summed E-state index contributed by atoms with van der Waals surface area (Å²) in [6.07, 6.45) is 0.727. The van der Waals surface area contributed by atoms with Crippen LogP contribution in [0.25, 0.3) is 0 Å². The van der Waals surface area contributed by atoms with Crippen molar-refractivity contribution in [1.82, 2.24) is 9.97 Å². The number of aromatic nitrogens is 2. The van der Waals surface area contributed by atoms with Gasteiger partial charge in [-0.3, -0.25) is 0 Å². The van der Waals surface area contributed by atoms with Crippen LogP contribution in [0.5, 0.6) is 0 Å². The summed E-state index contributed by atoms with van der Waals surface area (Å²) in [6, 6.07) is 6.56. The second kappa shape index (κ2) is 5.86. The molecule has 1 aromatic carbocycles. The van der Waals surface area contributed by atoms with Gasteiger partial charge in [-0.05, 0) is 24.6 Å². The van der Waals surface area contributed by atoms with Crippen LogP contribution in [0.4, 0.5) is 16.0 Å². The highest BCUT2D eigenvalue weighted by atomic mass is 19.1. The molecule has 0 amide bonds. The Bertz CT molecular complexity index is 613. The number of rotatable bonds is 4. The summed E-state index contributed by atoms with van der Waals surface area (Å²) in [5.41, 5.74) is 7.65. The Hall–Kier alpha value is -2.17. The van der Waals surface area contributed by atoms with E-state index < -0.39 is 0 Å². The molecule has 0 bridgehead atoms. The van der Waals surface area contributed by atoms with Crippen molar-refractivity contribution in [2.75, 3.05) is 17.7 Å². The maximum absolute atomic E-state index is 13.2. The average molecular weight is 274 g/mol. The fourth-order valence-electron chi connectivity index (χ4n) is 2.08. The lowest BCUT2D eigenvalue weighted by Crippen LogP contribution is -2.21. The van der Waals surface area contributed by atoms with Gasteiger partial charge in [0.15, 0.2) is 0 Å². The number of aryl methyl sites for hydroxylation is 1. The highest BCUT2D eigenvalue weighted by Gasteiger charge is 2.12. The van der Waals surface area contributed by atoms with Gasteiger partial charge < -0.3 is 10.6 Å². The smallest absolute Gasteiger partial charge is 0.137 e. The third kappa shape index (κ3) is 3.04. The van der Waals surface area contributed by atoms with E-state index in [1.54, 1.807) is 6.07 Å². The lowest BCUT2D eigenvalue weighted by Gasteiger charge is -2.21. The fraction of sp³-hybridized carbons (Fsp3) is 0.333. The van der Waals surface area contributed by atoms with Gasteiger partial charge in [-0.2, -0.15) is 0 Å². The van der Waals surface area contributed by atoms with Gasteiger partial charge in [0.2, 0.25) is 0 Å². The van der Waals surface area contributed by atoms with Gasteiger partial charge in [0.25, 0.3) is 0 Å². The molecule has 0 aliphatic heterocycles. The standard InChI is InChI=1S/C15H19FN4/c1-4-13-18-14(17)10(2)15(19-13)20(3)9-11-6-5-7-12(16)8-11/h5-8H,4,9H2,1-3H3,(H2,17,18,19). The SMILES string of the molecule is CCc1nc(N)c(C)c(N(C)Cc2cccc(F)c2)n1. The molecule has 0 aliphatic rings. The van der Waals surface area contributed by atoms with Crippen molar-refractivity contribution in [2.24, 2.45) is 0 Å². The largest absolute Gasteiger partial charge is 0.383 e. The molecule has 2 rings (SSSR count).